The van der Waals surface area contributed by atoms with Crippen LogP contribution in [0.3, 0.4) is 0 Å². The van der Waals surface area contributed by atoms with Crippen LogP contribution in [0.5, 0.6) is 0 Å². The van der Waals surface area contributed by atoms with Crippen LogP contribution in [-0.4, -0.2) is 48.6 Å². The van der Waals surface area contributed by atoms with Crippen molar-refractivity contribution in [1.82, 2.24) is 14.8 Å². The van der Waals surface area contributed by atoms with E-state index in [9.17, 15) is 9.59 Å². The van der Waals surface area contributed by atoms with Crippen molar-refractivity contribution >= 4 is 35.1 Å². The average molecular weight is 355 g/mol. The molecule has 3 rings (SSSR count). The third-order valence-corrected chi connectivity index (χ3v) is 4.08. The summed E-state index contributed by atoms with van der Waals surface area (Å²) in [6.07, 6.45) is 1.87. The Labute approximate surface area is 146 Å². The van der Waals surface area contributed by atoms with Gasteiger partial charge >= 0.3 is 5.76 Å². The lowest BCUT2D eigenvalue weighted by Crippen LogP contribution is -2.35. The Kier molecular flexibility index (Phi) is 6.04. The lowest BCUT2D eigenvalue weighted by Gasteiger charge is -2.12. The van der Waals surface area contributed by atoms with Crippen LogP contribution in [0, 0.1) is 0 Å². The molecule has 1 aliphatic rings. The van der Waals surface area contributed by atoms with Crippen molar-refractivity contribution in [3.8, 4) is 0 Å². The maximum absolute atomic E-state index is 12.2. The molecule has 0 spiro atoms. The molecule has 132 valence electrons. The molecule has 1 aliphatic heterocycles. The molecule has 1 aromatic carbocycles. The van der Waals surface area contributed by atoms with Crippen molar-refractivity contribution < 1.29 is 9.21 Å². The van der Waals surface area contributed by atoms with Crippen LogP contribution in [0.4, 0.5) is 5.69 Å². The van der Waals surface area contributed by atoms with E-state index < -0.39 is 0 Å². The summed E-state index contributed by atoms with van der Waals surface area (Å²) in [5.41, 5.74) is 1.91. The van der Waals surface area contributed by atoms with E-state index in [1.165, 1.54) is 0 Å². The molecular formula is C16H23ClN4O3. The average Bonchev–Trinajstić information content (AvgIpc) is 3.12. The van der Waals surface area contributed by atoms with Gasteiger partial charge in [-0.1, -0.05) is 0 Å². The molecule has 1 atom stereocenters. The summed E-state index contributed by atoms with van der Waals surface area (Å²) in [4.78, 5) is 26.2. The van der Waals surface area contributed by atoms with E-state index in [1.54, 1.807) is 22.8 Å². The number of anilines is 1. The molecule has 1 amide bonds. The zero-order valence-electron chi connectivity index (χ0n) is 13.9. The maximum Gasteiger partial charge on any atom is 0.419 e. The van der Waals surface area contributed by atoms with E-state index in [1.807, 2.05) is 19.0 Å². The molecule has 1 fully saturated rings. The van der Waals surface area contributed by atoms with E-state index >= 15 is 0 Å². The molecular weight excluding hydrogens is 332 g/mol. The lowest BCUT2D eigenvalue weighted by atomic mass is 10.2. The fourth-order valence-electron chi connectivity index (χ4n) is 2.79. The van der Waals surface area contributed by atoms with Crippen LogP contribution in [0.25, 0.3) is 11.1 Å². The van der Waals surface area contributed by atoms with Gasteiger partial charge in [-0.3, -0.25) is 9.36 Å². The zero-order valence-corrected chi connectivity index (χ0v) is 14.7. The molecule has 1 aromatic heterocycles. The number of aromatic nitrogens is 1. The molecule has 0 saturated carbocycles. The minimum atomic E-state index is -0.372. The first kappa shape index (κ1) is 18.5. The number of amides is 1. The summed E-state index contributed by atoms with van der Waals surface area (Å²) < 4.78 is 6.85. The molecule has 0 bridgehead atoms. The lowest BCUT2D eigenvalue weighted by molar-refractivity contribution is -0.117. The molecule has 1 unspecified atom stereocenters. The summed E-state index contributed by atoms with van der Waals surface area (Å²) in [6, 6.07) is 5.14. The predicted octanol–water partition coefficient (Wildman–Crippen LogP) is 1.27. The fraction of sp³-hybridized carbons (Fsp3) is 0.500. The Morgan fingerprint density at radius 3 is 2.92 bits per heavy atom. The van der Waals surface area contributed by atoms with Gasteiger partial charge < -0.3 is 20.0 Å². The number of fused-ring (bicyclic) bond motifs is 1. The predicted molar refractivity (Wildman–Crippen MR) is 95.9 cm³/mol. The largest absolute Gasteiger partial charge is 0.419 e. The maximum atomic E-state index is 12.2. The molecule has 0 radical (unpaired) electrons. The highest BCUT2D eigenvalue weighted by Gasteiger charge is 2.22. The van der Waals surface area contributed by atoms with E-state index in [-0.39, 0.29) is 30.1 Å². The van der Waals surface area contributed by atoms with Gasteiger partial charge in [-0.05, 0) is 51.7 Å². The number of carbonyl (C=O) groups excluding carboxylic acids is 1. The molecule has 2 aromatic rings. The third kappa shape index (κ3) is 3.98. The Morgan fingerprint density at radius 1 is 1.46 bits per heavy atom. The summed E-state index contributed by atoms with van der Waals surface area (Å²) in [5.74, 6) is -0.407. The second kappa shape index (κ2) is 7.83. The molecule has 2 N–H and O–H groups in total. The summed E-state index contributed by atoms with van der Waals surface area (Å²) >= 11 is 0. The van der Waals surface area contributed by atoms with Crippen molar-refractivity contribution in [2.45, 2.75) is 25.4 Å². The minimum absolute atomic E-state index is 0. The quantitative estimate of drug-likeness (QED) is 0.845. The van der Waals surface area contributed by atoms with Crippen LogP contribution in [0.2, 0.25) is 0 Å². The topological polar surface area (TPSA) is 79.5 Å². The second-order valence-electron chi connectivity index (χ2n) is 6.14. The monoisotopic (exact) mass is 354 g/mol. The number of nitrogens with one attached hydrogen (secondary N) is 2. The van der Waals surface area contributed by atoms with Crippen molar-refractivity contribution in [3.63, 3.8) is 0 Å². The molecule has 2 heterocycles. The van der Waals surface area contributed by atoms with Crippen molar-refractivity contribution in [2.75, 3.05) is 32.5 Å². The van der Waals surface area contributed by atoms with Crippen LogP contribution in [-0.2, 0) is 11.3 Å². The fourth-order valence-corrected chi connectivity index (χ4v) is 2.79. The first-order valence-electron chi connectivity index (χ1n) is 7.87. The third-order valence-electron chi connectivity index (χ3n) is 4.08. The van der Waals surface area contributed by atoms with Crippen LogP contribution in [0.15, 0.2) is 27.4 Å². The van der Waals surface area contributed by atoms with Gasteiger partial charge in [-0.15, -0.1) is 12.4 Å². The van der Waals surface area contributed by atoms with Gasteiger partial charge in [0, 0.05) is 18.8 Å². The SMILES string of the molecule is CN(C)CCn1c(=O)oc2ccc(NC(=O)C3CCCN3)cc21.Cl. The number of nitrogens with zero attached hydrogens (tertiary/aromatic N) is 2. The van der Waals surface area contributed by atoms with Crippen LogP contribution < -0.4 is 16.4 Å². The van der Waals surface area contributed by atoms with Gasteiger partial charge in [0.15, 0.2) is 5.58 Å². The summed E-state index contributed by atoms with van der Waals surface area (Å²) in [5, 5.41) is 6.08. The van der Waals surface area contributed by atoms with E-state index in [0.29, 0.717) is 23.3 Å². The van der Waals surface area contributed by atoms with Crippen molar-refractivity contribution in [2.24, 2.45) is 0 Å². The van der Waals surface area contributed by atoms with E-state index in [0.717, 1.165) is 25.9 Å². The number of halogens is 1. The number of hydrogen-bond donors (Lipinski definition) is 2. The molecule has 24 heavy (non-hydrogen) atoms. The number of oxazole rings is 1. The van der Waals surface area contributed by atoms with E-state index in [4.69, 9.17) is 4.42 Å². The summed E-state index contributed by atoms with van der Waals surface area (Å²) in [6.45, 7) is 2.15. The van der Waals surface area contributed by atoms with Gasteiger partial charge in [0.25, 0.3) is 0 Å². The smallest absolute Gasteiger partial charge is 0.408 e. The number of rotatable bonds is 5. The van der Waals surface area contributed by atoms with Crippen molar-refractivity contribution in [1.29, 1.82) is 0 Å². The van der Waals surface area contributed by atoms with Gasteiger partial charge in [0.2, 0.25) is 5.91 Å². The number of likely N-dealkylation sites (N-methyl/N-ethyl adjacent to an activating group) is 1. The first-order valence-corrected chi connectivity index (χ1v) is 7.87. The molecule has 0 aliphatic carbocycles. The van der Waals surface area contributed by atoms with Gasteiger partial charge in [0.1, 0.15) is 0 Å². The van der Waals surface area contributed by atoms with Gasteiger partial charge in [-0.2, -0.15) is 0 Å². The highest BCUT2D eigenvalue weighted by atomic mass is 35.5. The van der Waals surface area contributed by atoms with E-state index in [2.05, 4.69) is 10.6 Å². The van der Waals surface area contributed by atoms with Crippen LogP contribution in [0.1, 0.15) is 12.8 Å². The normalized spacial score (nSPS) is 17.2. The van der Waals surface area contributed by atoms with Crippen molar-refractivity contribution in [3.05, 3.63) is 28.7 Å². The first-order chi connectivity index (χ1) is 11.0. The standard InChI is InChI=1S/C16H22N4O3.ClH/c1-19(2)8-9-20-13-10-11(5-6-14(13)23-16(20)22)18-15(21)12-4-3-7-17-12;/h5-6,10,12,17H,3-4,7-9H2,1-2H3,(H,18,21);1H. The molecule has 8 heteroatoms. The number of hydrogen-bond acceptors (Lipinski definition) is 5. The Morgan fingerprint density at radius 2 is 2.25 bits per heavy atom. The van der Waals surface area contributed by atoms with Crippen LogP contribution >= 0.6 is 12.4 Å². The van der Waals surface area contributed by atoms with Gasteiger partial charge in [0.05, 0.1) is 11.6 Å². The van der Waals surface area contributed by atoms with Gasteiger partial charge in [-0.25, -0.2) is 4.79 Å². The Bertz CT molecular complexity index is 762. The molecule has 1 saturated heterocycles. The zero-order chi connectivity index (χ0) is 16.4. The Balaban J connectivity index is 0.00000208. The Hall–Kier alpha value is -1.83. The number of benzene rings is 1. The highest BCUT2D eigenvalue weighted by Crippen LogP contribution is 2.19. The highest BCUT2D eigenvalue weighted by molar-refractivity contribution is 5.96. The molecule has 7 nitrogen and oxygen atoms in total. The minimum Gasteiger partial charge on any atom is -0.408 e. The number of carbonyl (C=O) groups is 1. The summed E-state index contributed by atoms with van der Waals surface area (Å²) in [7, 11) is 3.90. The second-order valence-corrected chi connectivity index (χ2v) is 6.14.